The van der Waals surface area contributed by atoms with Crippen LogP contribution in [-0.4, -0.2) is 27.7 Å². The van der Waals surface area contributed by atoms with Crippen molar-refractivity contribution in [2.24, 2.45) is 5.73 Å². The van der Waals surface area contributed by atoms with E-state index in [-0.39, 0.29) is 0 Å². The van der Waals surface area contributed by atoms with Crippen LogP contribution in [0, 0.1) is 11.8 Å². The lowest BCUT2D eigenvalue weighted by atomic mass is 9.88. The van der Waals surface area contributed by atoms with Crippen molar-refractivity contribution >= 4 is 29.3 Å². The van der Waals surface area contributed by atoms with E-state index in [9.17, 15) is 4.79 Å². The molecule has 0 spiro atoms. The van der Waals surface area contributed by atoms with Crippen LogP contribution in [0.15, 0.2) is 67.4 Å². The van der Waals surface area contributed by atoms with E-state index in [0.29, 0.717) is 10.8 Å². The number of primary amides is 1. The molecule has 0 radical (unpaired) electrons. The Kier molecular flexibility index (Phi) is 7.53. The molecule has 2 heterocycles. The molecule has 1 aliphatic rings. The predicted molar refractivity (Wildman–Crippen MR) is 146 cm³/mol. The topological polar surface area (TPSA) is 85.8 Å². The number of aryl methyl sites for hydroxylation is 1. The van der Waals surface area contributed by atoms with Crippen LogP contribution in [-0.2, 0) is 12.8 Å². The Morgan fingerprint density at radius 2 is 1.97 bits per heavy atom. The Bertz CT molecular complexity index is 1490. The number of benzene rings is 2. The summed E-state index contributed by atoms with van der Waals surface area (Å²) >= 11 is 5.64. The summed E-state index contributed by atoms with van der Waals surface area (Å²) < 4.78 is 1.83. The number of carbonyl (C=O) groups excluding carboxylic acids is 1. The van der Waals surface area contributed by atoms with E-state index >= 15 is 0 Å². The SMILES string of the molecule is C=Cc1cccnc1Cl.CC#Cc1ccc(-n2nc(C(N)=O)c3c2-c2cc(NC)ccc2CC3)cc1. The van der Waals surface area contributed by atoms with Gasteiger partial charge in [-0.25, -0.2) is 9.67 Å². The number of carbonyl (C=O) groups is 1. The first-order valence-corrected chi connectivity index (χ1v) is 11.8. The third kappa shape index (κ3) is 5.02. The fraction of sp³-hybridized carbons (Fsp3) is 0.138. The molecule has 180 valence electrons. The average molecular weight is 496 g/mol. The molecule has 36 heavy (non-hydrogen) atoms. The van der Waals surface area contributed by atoms with Crippen LogP contribution in [0.5, 0.6) is 0 Å². The van der Waals surface area contributed by atoms with Crippen molar-refractivity contribution in [1.29, 1.82) is 0 Å². The minimum absolute atomic E-state index is 0.350. The first-order chi connectivity index (χ1) is 17.5. The summed E-state index contributed by atoms with van der Waals surface area (Å²) in [6.45, 7) is 5.38. The van der Waals surface area contributed by atoms with Crippen molar-refractivity contribution in [3.8, 4) is 28.8 Å². The van der Waals surface area contributed by atoms with Gasteiger partial charge >= 0.3 is 0 Å². The molecule has 0 unspecified atom stereocenters. The highest BCUT2D eigenvalue weighted by molar-refractivity contribution is 6.30. The molecule has 0 aliphatic heterocycles. The summed E-state index contributed by atoms with van der Waals surface area (Å²) in [6, 6.07) is 17.8. The minimum Gasteiger partial charge on any atom is -0.388 e. The maximum atomic E-state index is 12.0. The first kappa shape index (κ1) is 24.8. The second-order valence-electron chi connectivity index (χ2n) is 8.08. The highest BCUT2D eigenvalue weighted by atomic mass is 35.5. The number of fused-ring (bicyclic) bond motifs is 3. The van der Waals surface area contributed by atoms with Gasteiger partial charge in [0, 0.05) is 41.2 Å². The molecule has 0 fully saturated rings. The molecule has 5 rings (SSSR count). The van der Waals surface area contributed by atoms with Crippen molar-refractivity contribution in [1.82, 2.24) is 14.8 Å². The molecule has 0 bridgehead atoms. The Morgan fingerprint density at radius 3 is 2.58 bits per heavy atom. The molecule has 0 atom stereocenters. The zero-order valence-corrected chi connectivity index (χ0v) is 20.9. The molecule has 3 N–H and O–H groups in total. The van der Waals surface area contributed by atoms with E-state index in [2.05, 4.69) is 52.0 Å². The Balaban J connectivity index is 0.000000286. The van der Waals surface area contributed by atoms with Crippen LogP contribution < -0.4 is 11.1 Å². The number of nitrogens with one attached hydrogen (secondary N) is 1. The van der Waals surface area contributed by atoms with Gasteiger partial charge in [0.1, 0.15) is 5.15 Å². The number of halogens is 1. The van der Waals surface area contributed by atoms with Gasteiger partial charge in [-0.3, -0.25) is 4.79 Å². The highest BCUT2D eigenvalue weighted by Gasteiger charge is 2.28. The van der Waals surface area contributed by atoms with Crippen molar-refractivity contribution in [3.05, 3.63) is 100 Å². The van der Waals surface area contributed by atoms with Gasteiger partial charge in [0.25, 0.3) is 5.91 Å². The molecule has 4 aromatic rings. The second kappa shape index (κ2) is 10.9. The number of nitrogens with zero attached hydrogens (tertiary/aromatic N) is 3. The van der Waals surface area contributed by atoms with Crippen molar-refractivity contribution in [2.75, 3.05) is 12.4 Å². The monoisotopic (exact) mass is 495 g/mol. The third-order valence-electron chi connectivity index (χ3n) is 5.90. The minimum atomic E-state index is -0.494. The number of anilines is 1. The van der Waals surface area contributed by atoms with Gasteiger partial charge in [0.15, 0.2) is 5.69 Å². The lowest BCUT2D eigenvalue weighted by molar-refractivity contribution is 0.0994. The van der Waals surface area contributed by atoms with Gasteiger partial charge in [0.05, 0.1) is 11.4 Å². The van der Waals surface area contributed by atoms with E-state index < -0.39 is 5.91 Å². The van der Waals surface area contributed by atoms with Crippen molar-refractivity contribution < 1.29 is 4.79 Å². The fourth-order valence-corrected chi connectivity index (χ4v) is 4.36. The van der Waals surface area contributed by atoms with Gasteiger partial charge in [-0.1, -0.05) is 42.3 Å². The van der Waals surface area contributed by atoms with E-state index in [1.165, 1.54) is 5.56 Å². The molecular weight excluding hydrogens is 470 g/mol. The fourth-order valence-electron chi connectivity index (χ4n) is 4.16. The van der Waals surface area contributed by atoms with Crippen LogP contribution >= 0.6 is 11.6 Å². The average Bonchev–Trinajstić information content (AvgIpc) is 3.30. The number of hydrogen-bond acceptors (Lipinski definition) is 4. The molecule has 1 amide bonds. The summed E-state index contributed by atoms with van der Waals surface area (Å²) in [5, 5.41) is 8.27. The van der Waals surface area contributed by atoms with Crippen LogP contribution in [0.2, 0.25) is 5.15 Å². The summed E-state index contributed by atoms with van der Waals surface area (Å²) in [5.41, 5.74) is 13.9. The quantitative estimate of drug-likeness (QED) is 0.288. The highest BCUT2D eigenvalue weighted by Crippen LogP contribution is 2.38. The number of pyridine rings is 1. The molecule has 0 saturated heterocycles. The Morgan fingerprint density at radius 1 is 1.19 bits per heavy atom. The lowest BCUT2D eigenvalue weighted by Crippen LogP contribution is -2.15. The van der Waals surface area contributed by atoms with Crippen LogP contribution in [0.25, 0.3) is 23.0 Å². The summed E-state index contributed by atoms with van der Waals surface area (Å²) in [4.78, 5) is 15.9. The van der Waals surface area contributed by atoms with E-state index in [1.54, 1.807) is 12.3 Å². The van der Waals surface area contributed by atoms with E-state index in [1.807, 2.05) is 55.1 Å². The van der Waals surface area contributed by atoms with Crippen molar-refractivity contribution in [3.63, 3.8) is 0 Å². The number of rotatable bonds is 4. The molecule has 1 aliphatic carbocycles. The smallest absolute Gasteiger partial charge is 0.269 e. The standard InChI is InChI=1S/C22H20N4O.C7H6ClN/c1-3-4-14-5-10-17(11-6-14)26-21-18(20(25-26)22(23)27)12-8-15-7-9-16(24-2)13-19(15)21;1-2-6-4-3-5-9-7(6)8/h5-7,9-11,13,24H,8,12H2,1-2H3,(H2,23,27);2-5H,1H2. The summed E-state index contributed by atoms with van der Waals surface area (Å²) in [6.07, 6.45) is 4.94. The number of hydrogen-bond donors (Lipinski definition) is 2. The van der Waals surface area contributed by atoms with Gasteiger partial charge in [-0.05, 0) is 67.8 Å². The molecule has 6 nitrogen and oxygen atoms in total. The zero-order chi connectivity index (χ0) is 25.7. The van der Waals surface area contributed by atoms with Crippen LogP contribution in [0.3, 0.4) is 0 Å². The normalized spacial score (nSPS) is 11.1. The molecular formula is C29H26ClN5O. The largest absolute Gasteiger partial charge is 0.388 e. The summed E-state index contributed by atoms with van der Waals surface area (Å²) in [7, 11) is 1.89. The Labute approximate surface area is 215 Å². The van der Waals surface area contributed by atoms with Gasteiger partial charge in [-0.15, -0.1) is 5.92 Å². The number of amides is 1. The maximum absolute atomic E-state index is 12.0. The van der Waals surface area contributed by atoms with Gasteiger partial charge in [0.2, 0.25) is 0 Å². The van der Waals surface area contributed by atoms with Crippen LogP contribution in [0.4, 0.5) is 5.69 Å². The van der Waals surface area contributed by atoms with Gasteiger partial charge in [-0.2, -0.15) is 5.10 Å². The maximum Gasteiger partial charge on any atom is 0.269 e. The first-order valence-electron chi connectivity index (χ1n) is 11.5. The molecule has 2 aromatic heterocycles. The lowest BCUT2D eigenvalue weighted by Gasteiger charge is -2.20. The van der Waals surface area contributed by atoms with Gasteiger partial charge < -0.3 is 11.1 Å². The molecule has 7 heteroatoms. The van der Waals surface area contributed by atoms with E-state index in [0.717, 1.165) is 52.2 Å². The third-order valence-corrected chi connectivity index (χ3v) is 6.22. The van der Waals surface area contributed by atoms with Crippen molar-refractivity contribution in [2.45, 2.75) is 19.8 Å². The van der Waals surface area contributed by atoms with E-state index in [4.69, 9.17) is 17.3 Å². The Hall–Kier alpha value is -4.34. The molecule has 2 aromatic carbocycles. The molecule has 0 saturated carbocycles. The van der Waals surface area contributed by atoms with Crippen LogP contribution in [0.1, 0.15) is 39.7 Å². The number of aromatic nitrogens is 3. The second-order valence-corrected chi connectivity index (χ2v) is 8.44. The summed E-state index contributed by atoms with van der Waals surface area (Å²) in [5.74, 6) is 5.44. The zero-order valence-electron chi connectivity index (χ0n) is 20.2. The number of nitrogens with two attached hydrogens (primary N) is 1. The predicted octanol–water partition coefficient (Wildman–Crippen LogP) is 5.53.